The number of rotatable bonds is 2. The second-order valence-corrected chi connectivity index (χ2v) is 2.22. The van der Waals surface area contributed by atoms with Crippen molar-refractivity contribution in [2.75, 3.05) is 0 Å². The zero-order valence-electron chi connectivity index (χ0n) is 5.98. The predicted octanol–water partition coefficient (Wildman–Crippen LogP) is 1.21. The molecule has 0 fully saturated rings. The molecule has 0 radical (unpaired) electrons. The van der Waals surface area contributed by atoms with Crippen molar-refractivity contribution >= 4 is 5.88 Å². The number of hydrogen-bond acceptors (Lipinski definition) is 4. The quantitative estimate of drug-likeness (QED) is 0.515. The van der Waals surface area contributed by atoms with E-state index in [1.807, 2.05) is 0 Å². The highest BCUT2D eigenvalue weighted by atomic mass is 16.6. The van der Waals surface area contributed by atoms with E-state index >= 15 is 0 Å². The third kappa shape index (κ3) is 1.56. The molecule has 1 heterocycles. The first-order valence-electron chi connectivity index (χ1n) is 3.11. The summed E-state index contributed by atoms with van der Waals surface area (Å²) in [6, 6.07) is 2.49. The Balaban J connectivity index is 2.90. The van der Waals surface area contributed by atoms with Crippen LogP contribution in [0.15, 0.2) is 16.5 Å². The Kier molecular flexibility index (Phi) is 1.91. The first kappa shape index (κ1) is 7.74. The summed E-state index contributed by atoms with van der Waals surface area (Å²) in [5.41, 5.74) is 5.41. The highest BCUT2D eigenvalue weighted by Gasteiger charge is 2.13. The molecule has 0 aliphatic heterocycles. The van der Waals surface area contributed by atoms with Gasteiger partial charge in [0.25, 0.3) is 0 Å². The average molecular weight is 156 g/mol. The van der Waals surface area contributed by atoms with Crippen molar-refractivity contribution in [2.45, 2.75) is 13.0 Å². The van der Waals surface area contributed by atoms with Crippen molar-refractivity contribution < 1.29 is 9.34 Å². The Hall–Kier alpha value is -1.36. The maximum atomic E-state index is 10.1. The van der Waals surface area contributed by atoms with Gasteiger partial charge in [0.2, 0.25) is 0 Å². The van der Waals surface area contributed by atoms with Crippen molar-refractivity contribution in [2.24, 2.45) is 5.73 Å². The van der Waals surface area contributed by atoms with Crippen molar-refractivity contribution in [3.8, 4) is 0 Å². The minimum absolute atomic E-state index is 0.266. The molecule has 5 nitrogen and oxygen atoms in total. The van der Waals surface area contributed by atoms with E-state index in [1.165, 1.54) is 12.1 Å². The minimum atomic E-state index is -0.591. The molecule has 0 unspecified atom stereocenters. The molecule has 1 atom stereocenters. The molecular weight excluding hydrogens is 148 g/mol. The van der Waals surface area contributed by atoms with Crippen LogP contribution in [0.1, 0.15) is 18.7 Å². The van der Waals surface area contributed by atoms with Gasteiger partial charge in [0.05, 0.1) is 12.1 Å². The second-order valence-electron chi connectivity index (χ2n) is 2.22. The van der Waals surface area contributed by atoms with Gasteiger partial charge in [-0.3, -0.25) is 10.1 Å². The van der Waals surface area contributed by atoms with E-state index in [-0.39, 0.29) is 11.9 Å². The van der Waals surface area contributed by atoms with Crippen molar-refractivity contribution in [1.29, 1.82) is 0 Å². The molecule has 11 heavy (non-hydrogen) atoms. The first-order chi connectivity index (χ1) is 5.11. The molecule has 2 N–H and O–H groups in total. The van der Waals surface area contributed by atoms with Gasteiger partial charge in [-0.05, 0) is 13.0 Å². The molecule has 0 saturated heterocycles. The third-order valence-electron chi connectivity index (χ3n) is 1.24. The van der Waals surface area contributed by atoms with Gasteiger partial charge in [-0.15, -0.1) is 0 Å². The van der Waals surface area contributed by atoms with Crippen LogP contribution in [0.5, 0.6) is 0 Å². The van der Waals surface area contributed by atoms with E-state index in [0.29, 0.717) is 5.76 Å². The molecule has 0 spiro atoms. The van der Waals surface area contributed by atoms with Crippen LogP contribution >= 0.6 is 0 Å². The molecule has 5 heteroatoms. The fourth-order valence-electron chi connectivity index (χ4n) is 0.685. The van der Waals surface area contributed by atoms with Crippen LogP contribution in [0.25, 0.3) is 0 Å². The number of nitro groups is 1. The molecule has 0 aromatic carbocycles. The molecule has 0 aliphatic rings. The summed E-state index contributed by atoms with van der Waals surface area (Å²) in [6.45, 7) is 1.70. The highest BCUT2D eigenvalue weighted by molar-refractivity contribution is 5.19. The van der Waals surface area contributed by atoms with E-state index in [0.717, 1.165) is 0 Å². The van der Waals surface area contributed by atoms with Crippen LogP contribution in [-0.4, -0.2) is 4.92 Å². The smallest absolute Gasteiger partial charge is 0.404 e. The lowest BCUT2D eigenvalue weighted by molar-refractivity contribution is -0.402. The average Bonchev–Trinajstić information content (AvgIpc) is 2.33. The van der Waals surface area contributed by atoms with E-state index in [9.17, 15) is 10.1 Å². The van der Waals surface area contributed by atoms with Gasteiger partial charge in [-0.1, -0.05) is 0 Å². The standard InChI is InChI=1S/C6H8N2O3/c1-4(7)5-2-3-6(11-5)8(9)10/h2-4H,7H2,1H3/t4-/m1/s1. The van der Waals surface area contributed by atoms with Gasteiger partial charge in [-0.2, -0.15) is 0 Å². The van der Waals surface area contributed by atoms with Crippen LogP contribution in [0.2, 0.25) is 0 Å². The van der Waals surface area contributed by atoms with E-state index in [2.05, 4.69) is 0 Å². The predicted molar refractivity (Wildman–Crippen MR) is 38.0 cm³/mol. The summed E-state index contributed by atoms with van der Waals surface area (Å²) >= 11 is 0. The Morgan fingerprint density at radius 3 is 2.64 bits per heavy atom. The topological polar surface area (TPSA) is 82.3 Å². The molecule has 0 aliphatic carbocycles. The monoisotopic (exact) mass is 156 g/mol. The molecule has 1 aromatic heterocycles. The lowest BCUT2D eigenvalue weighted by Gasteiger charge is -1.95. The Bertz CT molecular complexity index is 267. The van der Waals surface area contributed by atoms with Crippen LogP contribution in [0.3, 0.4) is 0 Å². The maximum Gasteiger partial charge on any atom is 0.433 e. The summed E-state index contributed by atoms with van der Waals surface area (Å²) in [7, 11) is 0. The Morgan fingerprint density at radius 1 is 1.73 bits per heavy atom. The van der Waals surface area contributed by atoms with E-state index < -0.39 is 4.92 Å². The molecule has 60 valence electrons. The lowest BCUT2D eigenvalue weighted by Crippen LogP contribution is -2.02. The van der Waals surface area contributed by atoms with Gasteiger partial charge >= 0.3 is 5.88 Å². The number of hydrogen-bond donors (Lipinski definition) is 1. The minimum Gasteiger partial charge on any atom is -0.404 e. The van der Waals surface area contributed by atoms with Gasteiger partial charge < -0.3 is 10.2 Å². The number of nitrogens with two attached hydrogens (primary N) is 1. The number of nitrogens with zero attached hydrogens (tertiary/aromatic N) is 1. The Labute approximate surface area is 62.9 Å². The SMILES string of the molecule is C[C@@H](N)c1ccc([N+](=O)[O-])o1. The van der Waals surface area contributed by atoms with Gasteiger partial charge in [0.15, 0.2) is 0 Å². The van der Waals surface area contributed by atoms with Gasteiger partial charge in [0.1, 0.15) is 10.7 Å². The maximum absolute atomic E-state index is 10.1. The van der Waals surface area contributed by atoms with Crippen LogP contribution in [-0.2, 0) is 0 Å². The third-order valence-corrected chi connectivity index (χ3v) is 1.24. The van der Waals surface area contributed by atoms with Gasteiger partial charge in [-0.25, -0.2) is 0 Å². The fraction of sp³-hybridized carbons (Fsp3) is 0.333. The molecule has 0 amide bonds. The zero-order chi connectivity index (χ0) is 8.43. The van der Waals surface area contributed by atoms with Crippen molar-refractivity contribution in [3.63, 3.8) is 0 Å². The largest absolute Gasteiger partial charge is 0.433 e. The molecule has 1 aromatic rings. The molecule has 1 rings (SSSR count). The zero-order valence-corrected chi connectivity index (χ0v) is 5.98. The summed E-state index contributed by atoms with van der Waals surface area (Å²) in [4.78, 5) is 9.52. The molecule has 0 bridgehead atoms. The summed E-state index contributed by atoms with van der Waals surface area (Å²) in [5, 5.41) is 10.1. The molecular formula is C6H8N2O3. The highest BCUT2D eigenvalue weighted by Crippen LogP contribution is 2.19. The van der Waals surface area contributed by atoms with Gasteiger partial charge in [0, 0.05) is 0 Å². The number of furan rings is 1. The van der Waals surface area contributed by atoms with Crippen LogP contribution in [0.4, 0.5) is 5.88 Å². The second kappa shape index (κ2) is 2.71. The lowest BCUT2D eigenvalue weighted by atomic mass is 10.3. The first-order valence-corrected chi connectivity index (χ1v) is 3.11. The summed E-state index contributed by atoms with van der Waals surface area (Å²) < 4.78 is 4.78. The van der Waals surface area contributed by atoms with Crippen molar-refractivity contribution in [3.05, 3.63) is 28.0 Å². The van der Waals surface area contributed by atoms with E-state index in [1.54, 1.807) is 6.92 Å². The van der Waals surface area contributed by atoms with Crippen LogP contribution in [0, 0.1) is 10.1 Å². The molecule has 0 saturated carbocycles. The normalized spacial score (nSPS) is 12.9. The summed E-state index contributed by atoms with van der Waals surface area (Å²) in [6.07, 6.45) is 0. The Morgan fingerprint density at radius 2 is 2.36 bits per heavy atom. The fourth-order valence-corrected chi connectivity index (χ4v) is 0.685. The van der Waals surface area contributed by atoms with Crippen LogP contribution < -0.4 is 5.73 Å². The summed E-state index contributed by atoms with van der Waals surface area (Å²) in [5.74, 6) is 0.161. The van der Waals surface area contributed by atoms with E-state index in [4.69, 9.17) is 10.2 Å². The van der Waals surface area contributed by atoms with Crippen molar-refractivity contribution in [1.82, 2.24) is 0 Å².